The third kappa shape index (κ3) is 2.48. The van der Waals surface area contributed by atoms with Gasteiger partial charge >= 0.3 is 0 Å². The average Bonchev–Trinajstić information content (AvgIpc) is 2.93. The van der Waals surface area contributed by atoms with E-state index in [4.69, 9.17) is 0 Å². The van der Waals surface area contributed by atoms with Crippen molar-refractivity contribution in [3.05, 3.63) is 34.9 Å². The van der Waals surface area contributed by atoms with Crippen molar-refractivity contribution in [2.75, 3.05) is 6.54 Å². The van der Waals surface area contributed by atoms with Gasteiger partial charge in [0.25, 0.3) is 5.91 Å². The molecule has 3 nitrogen and oxygen atoms in total. The summed E-state index contributed by atoms with van der Waals surface area (Å²) in [6.07, 6.45) is 9.58. The molecule has 1 saturated heterocycles. The number of benzene rings is 1. The lowest BCUT2D eigenvalue weighted by Crippen LogP contribution is -2.59. The van der Waals surface area contributed by atoms with Crippen LogP contribution < -0.4 is 10.6 Å². The molecule has 0 bridgehead atoms. The van der Waals surface area contributed by atoms with E-state index in [9.17, 15) is 4.79 Å². The van der Waals surface area contributed by atoms with Crippen molar-refractivity contribution in [2.45, 2.75) is 62.9 Å². The summed E-state index contributed by atoms with van der Waals surface area (Å²) in [6, 6.07) is 6.59. The molecule has 1 atom stereocenters. The van der Waals surface area contributed by atoms with Gasteiger partial charge in [-0.3, -0.25) is 4.79 Å². The molecule has 2 fully saturated rings. The first-order valence-corrected chi connectivity index (χ1v) is 8.42. The number of carbonyl (C=O) groups is 1. The summed E-state index contributed by atoms with van der Waals surface area (Å²) in [5.74, 6) is 0.117. The molecule has 0 radical (unpaired) electrons. The lowest BCUT2D eigenvalue weighted by atomic mass is 9.70. The van der Waals surface area contributed by atoms with Crippen LogP contribution in [0.5, 0.6) is 0 Å². The van der Waals surface area contributed by atoms with Crippen molar-refractivity contribution in [1.82, 2.24) is 10.6 Å². The molecule has 2 N–H and O–H groups in total. The van der Waals surface area contributed by atoms with Crippen LogP contribution in [-0.2, 0) is 12.8 Å². The summed E-state index contributed by atoms with van der Waals surface area (Å²) in [4.78, 5) is 12.5. The Morgan fingerprint density at radius 3 is 2.86 bits per heavy atom. The minimum atomic E-state index is 0.117. The number of hydrogen-bond acceptors (Lipinski definition) is 2. The number of piperidine rings is 1. The molecule has 1 amide bonds. The van der Waals surface area contributed by atoms with Crippen molar-refractivity contribution in [2.24, 2.45) is 0 Å². The summed E-state index contributed by atoms with van der Waals surface area (Å²) in [7, 11) is 0. The van der Waals surface area contributed by atoms with E-state index in [0.717, 1.165) is 31.4 Å². The van der Waals surface area contributed by atoms with Gasteiger partial charge in [-0.05, 0) is 81.2 Å². The van der Waals surface area contributed by atoms with Gasteiger partial charge in [-0.25, -0.2) is 0 Å². The van der Waals surface area contributed by atoms with Gasteiger partial charge in [0.1, 0.15) is 0 Å². The fourth-order valence-corrected chi connectivity index (χ4v) is 4.25. The second-order valence-electron chi connectivity index (χ2n) is 7.06. The van der Waals surface area contributed by atoms with Crippen LogP contribution in [0.1, 0.15) is 60.0 Å². The molecule has 3 aliphatic rings. The monoisotopic (exact) mass is 284 g/mol. The molecule has 1 saturated carbocycles. The van der Waals surface area contributed by atoms with Crippen LogP contribution >= 0.6 is 0 Å². The first kappa shape index (κ1) is 13.3. The summed E-state index contributed by atoms with van der Waals surface area (Å²) in [5.41, 5.74) is 4.00. The SMILES string of the molecule is O=C(NC1CCNC2(CCC2)C1)c1ccc2c(c1)CCC2. The Bertz CT molecular complexity index is 562. The molecule has 0 aromatic heterocycles. The van der Waals surface area contributed by atoms with E-state index in [2.05, 4.69) is 22.8 Å². The molecule has 4 rings (SSSR count). The van der Waals surface area contributed by atoms with E-state index in [-0.39, 0.29) is 5.91 Å². The van der Waals surface area contributed by atoms with E-state index in [1.165, 1.54) is 43.2 Å². The number of amides is 1. The zero-order valence-corrected chi connectivity index (χ0v) is 12.6. The highest BCUT2D eigenvalue weighted by Gasteiger charge is 2.41. The molecular weight excluding hydrogens is 260 g/mol. The fraction of sp³-hybridized carbons (Fsp3) is 0.611. The Morgan fingerprint density at radius 1 is 1.19 bits per heavy atom. The quantitative estimate of drug-likeness (QED) is 0.876. The summed E-state index contributed by atoms with van der Waals surface area (Å²) in [5, 5.41) is 6.93. The maximum absolute atomic E-state index is 12.5. The minimum Gasteiger partial charge on any atom is -0.349 e. The number of carbonyl (C=O) groups excluding carboxylic acids is 1. The van der Waals surface area contributed by atoms with Gasteiger partial charge in [-0.15, -0.1) is 0 Å². The van der Waals surface area contributed by atoms with Gasteiger partial charge in [0.05, 0.1) is 0 Å². The van der Waals surface area contributed by atoms with Crippen molar-refractivity contribution >= 4 is 5.91 Å². The van der Waals surface area contributed by atoms with Crippen molar-refractivity contribution < 1.29 is 4.79 Å². The van der Waals surface area contributed by atoms with E-state index < -0.39 is 0 Å². The third-order valence-corrected chi connectivity index (χ3v) is 5.64. The molecule has 112 valence electrons. The Labute approximate surface area is 126 Å². The van der Waals surface area contributed by atoms with E-state index in [1.54, 1.807) is 0 Å². The summed E-state index contributed by atoms with van der Waals surface area (Å²) in [6.45, 7) is 1.04. The second kappa shape index (κ2) is 5.13. The molecule has 1 spiro atoms. The number of aryl methyl sites for hydroxylation is 2. The van der Waals surface area contributed by atoms with E-state index >= 15 is 0 Å². The number of hydrogen-bond donors (Lipinski definition) is 2. The number of nitrogens with one attached hydrogen (secondary N) is 2. The zero-order valence-electron chi connectivity index (χ0n) is 12.6. The van der Waals surface area contributed by atoms with Gasteiger partial charge in [0.15, 0.2) is 0 Å². The highest BCUT2D eigenvalue weighted by atomic mass is 16.1. The molecule has 1 aliphatic heterocycles. The van der Waals surface area contributed by atoms with Crippen molar-refractivity contribution in [3.8, 4) is 0 Å². The second-order valence-corrected chi connectivity index (χ2v) is 7.06. The number of rotatable bonds is 2. The number of fused-ring (bicyclic) bond motifs is 1. The van der Waals surface area contributed by atoms with Crippen LogP contribution in [0.25, 0.3) is 0 Å². The standard InChI is InChI=1S/C18H24N2O/c21-17(15-6-5-13-3-1-4-14(13)11-15)20-16-7-10-19-18(12-16)8-2-9-18/h5-6,11,16,19H,1-4,7-10,12H2,(H,20,21). The van der Waals surface area contributed by atoms with E-state index in [1.807, 2.05) is 6.07 Å². The zero-order chi connectivity index (χ0) is 14.3. The van der Waals surface area contributed by atoms with Crippen LogP contribution in [0.15, 0.2) is 18.2 Å². The maximum Gasteiger partial charge on any atom is 0.251 e. The Hall–Kier alpha value is -1.35. The van der Waals surface area contributed by atoms with E-state index in [0.29, 0.717) is 11.6 Å². The Balaban J connectivity index is 1.43. The van der Waals surface area contributed by atoms with Crippen LogP contribution in [0, 0.1) is 0 Å². The molecule has 21 heavy (non-hydrogen) atoms. The molecule has 1 heterocycles. The van der Waals surface area contributed by atoms with Gasteiger partial charge < -0.3 is 10.6 Å². The largest absolute Gasteiger partial charge is 0.349 e. The molecule has 1 aromatic carbocycles. The third-order valence-electron chi connectivity index (χ3n) is 5.64. The normalized spacial score (nSPS) is 26.2. The van der Waals surface area contributed by atoms with Crippen molar-refractivity contribution in [1.29, 1.82) is 0 Å². The Kier molecular flexibility index (Phi) is 3.26. The molecule has 1 unspecified atom stereocenters. The van der Waals surface area contributed by atoms with Crippen molar-refractivity contribution in [3.63, 3.8) is 0 Å². The molecular formula is C18H24N2O. The smallest absolute Gasteiger partial charge is 0.251 e. The highest BCUT2D eigenvalue weighted by molar-refractivity contribution is 5.94. The molecule has 2 aliphatic carbocycles. The first-order valence-electron chi connectivity index (χ1n) is 8.42. The predicted octanol–water partition coefficient (Wildman–Crippen LogP) is 2.58. The van der Waals surface area contributed by atoms with Crippen LogP contribution in [0.3, 0.4) is 0 Å². The summed E-state index contributed by atoms with van der Waals surface area (Å²) >= 11 is 0. The van der Waals surface area contributed by atoms with Gasteiger partial charge in [0.2, 0.25) is 0 Å². The van der Waals surface area contributed by atoms with Crippen LogP contribution in [0.4, 0.5) is 0 Å². The summed E-state index contributed by atoms with van der Waals surface area (Å²) < 4.78 is 0. The van der Waals surface area contributed by atoms with Gasteiger partial charge in [-0.1, -0.05) is 6.07 Å². The topological polar surface area (TPSA) is 41.1 Å². The predicted molar refractivity (Wildman–Crippen MR) is 83.5 cm³/mol. The van der Waals surface area contributed by atoms with Gasteiger partial charge in [-0.2, -0.15) is 0 Å². The Morgan fingerprint density at radius 2 is 2.05 bits per heavy atom. The maximum atomic E-state index is 12.5. The van der Waals surface area contributed by atoms with Gasteiger partial charge in [0, 0.05) is 17.1 Å². The highest BCUT2D eigenvalue weighted by Crippen LogP contribution is 2.38. The lowest BCUT2D eigenvalue weighted by molar-refractivity contribution is 0.0853. The first-order chi connectivity index (χ1) is 10.2. The molecule has 1 aromatic rings. The lowest BCUT2D eigenvalue weighted by Gasteiger charge is -2.48. The minimum absolute atomic E-state index is 0.117. The molecule has 3 heteroatoms. The fourth-order valence-electron chi connectivity index (χ4n) is 4.25. The van der Waals surface area contributed by atoms with Crippen LogP contribution in [0.2, 0.25) is 0 Å². The average molecular weight is 284 g/mol. The van der Waals surface area contributed by atoms with Crippen LogP contribution in [-0.4, -0.2) is 24.0 Å².